The van der Waals surface area contributed by atoms with Gasteiger partial charge in [-0.25, -0.2) is 0 Å². The Bertz CT molecular complexity index is 436. The Morgan fingerprint density at radius 2 is 2.33 bits per heavy atom. The van der Waals surface area contributed by atoms with Crippen molar-refractivity contribution in [2.75, 3.05) is 19.7 Å². The fourth-order valence-corrected chi connectivity index (χ4v) is 1.98. The zero-order valence-electron chi connectivity index (χ0n) is 9.84. The number of aromatic nitrogens is 2. The van der Waals surface area contributed by atoms with Gasteiger partial charge in [0.1, 0.15) is 5.38 Å². The summed E-state index contributed by atoms with van der Waals surface area (Å²) in [5.74, 6) is 0.679. The monoisotopic (exact) mass is 289 g/mol. The van der Waals surface area contributed by atoms with Gasteiger partial charge in [-0.05, 0) is 6.92 Å². The highest BCUT2D eigenvalue weighted by molar-refractivity contribution is 6.30. The number of carbonyl (C=O) groups is 1. The van der Waals surface area contributed by atoms with Gasteiger partial charge in [-0.15, -0.1) is 11.6 Å². The minimum Gasteiger partial charge on any atom is -0.476 e. The largest absolute Gasteiger partial charge is 0.476 e. The molecule has 5 nitrogen and oxygen atoms in total. The van der Waals surface area contributed by atoms with E-state index in [0.29, 0.717) is 36.6 Å². The summed E-state index contributed by atoms with van der Waals surface area (Å²) in [7, 11) is 0. The van der Waals surface area contributed by atoms with E-state index in [9.17, 15) is 4.79 Å². The van der Waals surface area contributed by atoms with Crippen molar-refractivity contribution < 1.29 is 9.53 Å². The van der Waals surface area contributed by atoms with Gasteiger partial charge in [-0.2, -0.15) is 4.98 Å². The number of halogens is 2. The van der Waals surface area contributed by atoms with Crippen molar-refractivity contribution in [1.82, 2.24) is 14.9 Å². The number of amides is 1. The summed E-state index contributed by atoms with van der Waals surface area (Å²) in [6.07, 6.45) is 2.95. The summed E-state index contributed by atoms with van der Waals surface area (Å²) in [6, 6.07) is 0. The van der Waals surface area contributed by atoms with Gasteiger partial charge in [0.25, 0.3) is 0 Å². The van der Waals surface area contributed by atoms with E-state index in [1.165, 1.54) is 12.4 Å². The van der Waals surface area contributed by atoms with Crippen LogP contribution in [0.15, 0.2) is 12.4 Å². The molecule has 1 saturated heterocycles. The van der Waals surface area contributed by atoms with Crippen molar-refractivity contribution in [3.05, 3.63) is 17.5 Å². The zero-order chi connectivity index (χ0) is 13.1. The summed E-state index contributed by atoms with van der Waals surface area (Å²) in [6.45, 7) is 3.51. The maximum atomic E-state index is 11.5. The highest BCUT2D eigenvalue weighted by Gasteiger charge is 2.32. The third-order valence-electron chi connectivity index (χ3n) is 2.66. The molecule has 1 aromatic rings. The lowest BCUT2D eigenvalue weighted by atomic mass is 10.0. The van der Waals surface area contributed by atoms with Crippen LogP contribution >= 0.6 is 23.2 Å². The molecule has 1 unspecified atom stereocenters. The Morgan fingerprint density at radius 1 is 1.61 bits per heavy atom. The Labute approximate surface area is 115 Å². The molecule has 2 heterocycles. The first-order valence-corrected chi connectivity index (χ1v) is 6.41. The van der Waals surface area contributed by atoms with Crippen LogP contribution in [0.1, 0.15) is 6.92 Å². The molecule has 18 heavy (non-hydrogen) atoms. The van der Waals surface area contributed by atoms with Gasteiger partial charge in [-0.1, -0.05) is 11.6 Å². The van der Waals surface area contributed by atoms with Crippen LogP contribution in [-0.2, 0) is 4.79 Å². The smallest absolute Gasteiger partial charge is 0.240 e. The summed E-state index contributed by atoms with van der Waals surface area (Å²) in [4.78, 5) is 21.1. The standard InChI is InChI=1S/C11H13Cl2N3O2/c1-7(12)11(17)16-4-8(5-16)6-18-10-3-14-2-9(13)15-10/h2-3,7-8H,4-6H2,1H3. The molecule has 98 valence electrons. The topological polar surface area (TPSA) is 55.3 Å². The molecule has 1 fully saturated rings. The highest BCUT2D eigenvalue weighted by atomic mass is 35.5. The zero-order valence-corrected chi connectivity index (χ0v) is 11.4. The Hall–Kier alpha value is -1.07. The highest BCUT2D eigenvalue weighted by Crippen LogP contribution is 2.19. The van der Waals surface area contributed by atoms with Crippen molar-refractivity contribution in [2.24, 2.45) is 5.92 Å². The Morgan fingerprint density at radius 3 is 2.94 bits per heavy atom. The van der Waals surface area contributed by atoms with Crippen LogP contribution in [-0.4, -0.2) is 45.8 Å². The van der Waals surface area contributed by atoms with E-state index in [4.69, 9.17) is 27.9 Å². The Kier molecular flexibility index (Phi) is 4.24. The van der Waals surface area contributed by atoms with E-state index >= 15 is 0 Å². The van der Waals surface area contributed by atoms with Crippen LogP contribution in [0.5, 0.6) is 5.88 Å². The maximum Gasteiger partial charge on any atom is 0.240 e. The van der Waals surface area contributed by atoms with Crippen molar-refractivity contribution in [3.8, 4) is 5.88 Å². The molecule has 1 aromatic heterocycles. The number of nitrogens with zero attached hydrogens (tertiary/aromatic N) is 3. The van der Waals surface area contributed by atoms with Crippen LogP contribution in [0.4, 0.5) is 0 Å². The molecule has 0 aliphatic carbocycles. The molecule has 2 rings (SSSR count). The van der Waals surface area contributed by atoms with Crippen LogP contribution in [0.2, 0.25) is 5.15 Å². The average molecular weight is 290 g/mol. The number of carbonyl (C=O) groups excluding carboxylic acids is 1. The fourth-order valence-electron chi connectivity index (χ4n) is 1.71. The van der Waals surface area contributed by atoms with Crippen molar-refractivity contribution in [3.63, 3.8) is 0 Å². The third kappa shape index (κ3) is 3.23. The van der Waals surface area contributed by atoms with E-state index < -0.39 is 5.38 Å². The minimum atomic E-state index is -0.467. The SMILES string of the molecule is CC(Cl)C(=O)N1CC(COc2cncc(Cl)n2)C1. The fraction of sp³-hybridized carbons (Fsp3) is 0.545. The van der Waals surface area contributed by atoms with E-state index in [1.807, 2.05) is 0 Å². The van der Waals surface area contributed by atoms with Gasteiger partial charge in [0.05, 0.1) is 19.0 Å². The first-order valence-electron chi connectivity index (χ1n) is 5.59. The van der Waals surface area contributed by atoms with Crippen molar-refractivity contribution in [2.45, 2.75) is 12.3 Å². The van der Waals surface area contributed by atoms with Gasteiger partial charge < -0.3 is 9.64 Å². The summed E-state index contributed by atoms with van der Waals surface area (Å²) in [5.41, 5.74) is 0. The second kappa shape index (κ2) is 5.71. The van der Waals surface area contributed by atoms with E-state index in [1.54, 1.807) is 11.8 Å². The first-order chi connectivity index (χ1) is 8.56. The van der Waals surface area contributed by atoms with Gasteiger partial charge in [0.15, 0.2) is 5.15 Å². The van der Waals surface area contributed by atoms with Gasteiger partial charge in [0, 0.05) is 19.0 Å². The predicted octanol–water partition coefficient (Wildman–Crippen LogP) is 1.59. The van der Waals surface area contributed by atoms with Gasteiger partial charge in [0.2, 0.25) is 11.8 Å². The molecule has 0 aromatic carbocycles. The van der Waals surface area contributed by atoms with Crippen LogP contribution in [0.3, 0.4) is 0 Å². The quantitative estimate of drug-likeness (QED) is 0.790. The normalized spacial score (nSPS) is 17.2. The molecule has 1 aliphatic rings. The summed E-state index contributed by atoms with van der Waals surface area (Å²) < 4.78 is 5.45. The lowest BCUT2D eigenvalue weighted by Crippen LogP contribution is -2.53. The van der Waals surface area contributed by atoms with Crippen molar-refractivity contribution in [1.29, 1.82) is 0 Å². The number of hydrogen-bond acceptors (Lipinski definition) is 4. The lowest BCUT2D eigenvalue weighted by molar-refractivity contribution is -0.137. The molecular formula is C11H13Cl2N3O2. The maximum absolute atomic E-state index is 11.5. The number of likely N-dealkylation sites (tertiary alicyclic amines) is 1. The number of alkyl halides is 1. The second-order valence-electron chi connectivity index (χ2n) is 4.22. The van der Waals surface area contributed by atoms with E-state index in [0.717, 1.165) is 0 Å². The minimum absolute atomic E-state index is 0.0320. The molecule has 0 saturated carbocycles. The molecule has 1 aliphatic heterocycles. The van der Waals surface area contributed by atoms with Gasteiger partial charge in [-0.3, -0.25) is 9.78 Å². The third-order valence-corrected chi connectivity index (χ3v) is 3.03. The number of rotatable bonds is 4. The molecule has 7 heteroatoms. The van der Waals surface area contributed by atoms with E-state index in [-0.39, 0.29) is 5.91 Å². The molecule has 0 bridgehead atoms. The predicted molar refractivity (Wildman–Crippen MR) is 67.9 cm³/mol. The molecular weight excluding hydrogens is 277 g/mol. The van der Waals surface area contributed by atoms with Crippen molar-refractivity contribution >= 4 is 29.1 Å². The second-order valence-corrected chi connectivity index (χ2v) is 5.26. The average Bonchev–Trinajstić information content (AvgIpc) is 2.26. The van der Waals surface area contributed by atoms with Crippen LogP contribution in [0, 0.1) is 5.92 Å². The molecule has 0 N–H and O–H groups in total. The number of hydrogen-bond donors (Lipinski definition) is 0. The lowest BCUT2D eigenvalue weighted by Gasteiger charge is -2.39. The molecule has 0 spiro atoms. The first kappa shape index (κ1) is 13.4. The summed E-state index contributed by atoms with van der Waals surface area (Å²) in [5, 5.41) is -0.167. The Balaban J connectivity index is 1.73. The molecule has 1 amide bonds. The summed E-state index contributed by atoms with van der Waals surface area (Å²) >= 11 is 11.4. The van der Waals surface area contributed by atoms with E-state index in [2.05, 4.69) is 9.97 Å². The molecule has 0 radical (unpaired) electrons. The van der Waals surface area contributed by atoms with Crippen LogP contribution < -0.4 is 4.74 Å². The van der Waals surface area contributed by atoms with Crippen LogP contribution in [0.25, 0.3) is 0 Å². The molecule has 1 atom stereocenters. The van der Waals surface area contributed by atoms with Gasteiger partial charge >= 0.3 is 0 Å². The number of ether oxygens (including phenoxy) is 1.